The third-order valence-electron chi connectivity index (χ3n) is 2.76. The number of hydrogen-bond donors (Lipinski definition) is 0. The van der Waals surface area contributed by atoms with Crippen molar-refractivity contribution in [3.63, 3.8) is 0 Å². The molecule has 0 aliphatic heterocycles. The summed E-state index contributed by atoms with van der Waals surface area (Å²) in [5, 5.41) is 0. The fourth-order valence-corrected chi connectivity index (χ4v) is 1.66. The first-order valence-corrected chi connectivity index (χ1v) is 5.92. The Kier molecular flexibility index (Phi) is 10.1. The molecule has 0 saturated heterocycles. The van der Waals surface area contributed by atoms with Crippen LogP contribution in [0.2, 0.25) is 19.0 Å². The standard InChI is InChI=1S/C11H25BO/c1-4-12(5-2)10-8-7-9-11-13-6-3/h4-11H2,1-3H3. The Morgan fingerprint density at radius 1 is 0.923 bits per heavy atom. The largest absolute Gasteiger partial charge is 0.382 e. The number of ether oxygens (including phenoxy) is 1. The molecule has 0 aromatic carbocycles. The Balaban J connectivity index is 3.05. The number of rotatable bonds is 9. The van der Waals surface area contributed by atoms with Gasteiger partial charge in [-0.3, -0.25) is 0 Å². The maximum atomic E-state index is 5.29. The van der Waals surface area contributed by atoms with E-state index in [1.54, 1.807) is 0 Å². The van der Waals surface area contributed by atoms with Gasteiger partial charge in [-0.1, -0.05) is 45.6 Å². The highest BCUT2D eigenvalue weighted by atomic mass is 16.5. The first kappa shape index (κ1) is 13.0. The molecule has 0 unspecified atom stereocenters. The van der Waals surface area contributed by atoms with Crippen LogP contribution in [-0.4, -0.2) is 19.9 Å². The van der Waals surface area contributed by atoms with Gasteiger partial charge in [0.15, 0.2) is 0 Å². The first-order chi connectivity index (χ1) is 6.35. The lowest BCUT2D eigenvalue weighted by molar-refractivity contribution is 0.143. The van der Waals surface area contributed by atoms with Crippen LogP contribution in [0.5, 0.6) is 0 Å². The average Bonchev–Trinajstić information content (AvgIpc) is 2.17. The van der Waals surface area contributed by atoms with E-state index in [0.29, 0.717) is 0 Å². The summed E-state index contributed by atoms with van der Waals surface area (Å²) in [6.45, 7) is 9.45. The molecule has 0 amide bonds. The molecule has 0 radical (unpaired) electrons. The molecule has 0 bridgehead atoms. The summed E-state index contributed by atoms with van der Waals surface area (Å²) in [5.74, 6) is 0. The Morgan fingerprint density at radius 3 is 2.15 bits per heavy atom. The van der Waals surface area contributed by atoms with Crippen LogP contribution in [0.1, 0.15) is 40.0 Å². The summed E-state index contributed by atoms with van der Waals surface area (Å²) in [7, 11) is 0. The summed E-state index contributed by atoms with van der Waals surface area (Å²) < 4.78 is 5.29. The van der Waals surface area contributed by atoms with Gasteiger partial charge >= 0.3 is 0 Å². The van der Waals surface area contributed by atoms with Gasteiger partial charge in [0.1, 0.15) is 6.71 Å². The van der Waals surface area contributed by atoms with Crippen LogP contribution in [0.3, 0.4) is 0 Å². The van der Waals surface area contributed by atoms with Crippen molar-refractivity contribution in [3.05, 3.63) is 0 Å². The maximum Gasteiger partial charge on any atom is 0.139 e. The van der Waals surface area contributed by atoms with E-state index >= 15 is 0 Å². The van der Waals surface area contributed by atoms with Crippen LogP contribution in [0.25, 0.3) is 0 Å². The highest BCUT2D eigenvalue weighted by Crippen LogP contribution is 2.10. The van der Waals surface area contributed by atoms with Crippen molar-refractivity contribution in [1.29, 1.82) is 0 Å². The molecule has 0 rings (SSSR count). The molecule has 0 saturated carbocycles. The Labute approximate surface area is 84.3 Å². The summed E-state index contributed by atoms with van der Waals surface area (Å²) in [5.41, 5.74) is 0. The van der Waals surface area contributed by atoms with Crippen molar-refractivity contribution < 1.29 is 4.74 Å². The van der Waals surface area contributed by atoms with Crippen LogP contribution in [0.15, 0.2) is 0 Å². The average molecular weight is 184 g/mol. The van der Waals surface area contributed by atoms with E-state index in [1.165, 1.54) is 38.2 Å². The summed E-state index contributed by atoms with van der Waals surface area (Å²) >= 11 is 0. The summed E-state index contributed by atoms with van der Waals surface area (Å²) in [6, 6.07) is 0. The monoisotopic (exact) mass is 184 g/mol. The van der Waals surface area contributed by atoms with Crippen LogP contribution in [0.4, 0.5) is 0 Å². The molecular formula is C11H25BO. The van der Waals surface area contributed by atoms with Crippen molar-refractivity contribution in [2.24, 2.45) is 0 Å². The van der Waals surface area contributed by atoms with Gasteiger partial charge in [0.2, 0.25) is 0 Å². The molecular weight excluding hydrogens is 159 g/mol. The van der Waals surface area contributed by atoms with Crippen LogP contribution in [-0.2, 0) is 4.74 Å². The minimum absolute atomic E-state index is 0.868. The Bertz CT molecular complexity index is 92.1. The first-order valence-electron chi connectivity index (χ1n) is 5.92. The third-order valence-corrected chi connectivity index (χ3v) is 2.76. The van der Waals surface area contributed by atoms with Gasteiger partial charge in [0.05, 0.1) is 0 Å². The highest BCUT2D eigenvalue weighted by molar-refractivity contribution is 6.58. The van der Waals surface area contributed by atoms with E-state index in [9.17, 15) is 0 Å². The molecule has 0 spiro atoms. The van der Waals surface area contributed by atoms with E-state index in [4.69, 9.17) is 4.74 Å². The van der Waals surface area contributed by atoms with Crippen LogP contribution in [0, 0.1) is 0 Å². The Morgan fingerprint density at radius 2 is 1.62 bits per heavy atom. The van der Waals surface area contributed by atoms with Gasteiger partial charge in [-0.2, -0.15) is 0 Å². The molecule has 0 aliphatic carbocycles. The normalized spacial score (nSPS) is 10.4. The quantitative estimate of drug-likeness (QED) is 0.392. The van der Waals surface area contributed by atoms with Gasteiger partial charge in [-0.15, -0.1) is 0 Å². The van der Waals surface area contributed by atoms with Crippen LogP contribution >= 0.6 is 0 Å². The van der Waals surface area contributed by atoms with E-state index < -0.39 is 0 Å². The van der Waals surface area contributed by atoms with E-state index in [0.717, 1.165) is 19.9 Å². The molecule has 0 heterocycles. The molecule has 13 heavy (non-hydrogen) atoms. The lowest BCUT2D eigenvalue weighted by Crippen LogP contribution is -2.08. The predicted molar refractivity (Wildman–Crippen MR) is 61.9 cm³/mol. The van der Waals surface area contributed by atoms with Gasteiger partial charge in [0, 0.05) is 13.2 Å². The second-order valence-electron chi connectivity index (χ2n) is 3.73. The van der Waals surface area contributed by atoms with E-state index in [-0.39, 0.29) is 0 Å². The molecule has 0 N–H and O–H groups in total. The second-order valence-corrected chi connectivity index (χ2v) is 3.73. The molecule has 78 valence electrons. The Hall–Kier alpha value is 0.0249. The van der Waals surface area contributed by atoms with Crippen molar-refractivity contribution in [2.75, 3.05) is 13.2 Å². The van der Waals surface area contributed by atoms with Crippen molar-refractivity contribution in [3.8, 4) is 0 Å². The zero-order valence-electron chi connectivity index (χ0n) is 9.64. The SMILES string of the molecule is CCOCCCCCB(CC)CC. The van der Waals surface area contributed by atoms with Crippen molar-refractivity contribution >= 4 is 6.71 Å². The topological polar surface area (TPSA) is 9.23 Å². The van der Waals surface area contributed by atoms with Gasteiger partial charge < -0.3 is 4.74 Å². The van der Waals surface area contributed by atoms with E-state index in [2.05, 4.69) is 20.8 Å². The van der Waals surface area contributed by atoms with E-state index in [1.807, 2.05) is 0 Å². The molecule has 0 atom stereocenters. The molecule has 1 nitrogen and oxygen atoms in total. The van der Waals surface area contributed by atoms with Crippen molar-refractivity contribution in [1.82, 2.24) is 0 Å². The molecule has 0 aromatic rings. The fourth-order valence-electron chi connectivity index (χ4n) is 1.66. The second kappa shape index (κ2) is 10.1. The number of hydrogen-bond acceptors (Lipinski definition) is 1. The molecule has 0 aliphatic rings. The van der Waals surface area contributed by atoms with Gasteiger partial charge in [-0.05, 0) is 13.3 Å². The summed E-state index contributed by atoms with van der Waals surface area (Å²) in [4.78, 5) is 0. The minimum Gasteiger partial charge on any atom is -0.382 e. The molecule has 0 aromatic heterocycles. The van der Waals surface area contributed by atoms with Crippen LogP contribution < -0.4 is 0 Å². The summed E-state index contributed by atoms with van der Waals surface area (Å²) in [6.07, 6.45) is 8.09. The lowest BCUT2D eigenvalue weighted by Gasteiger charge is -2.07. The highest BCUT2D eigenvalue weighted by Gasteiger charge is 2.06. The molecule has 2 heteroatoms. The zero-order chi connectivity index (χ0) is 9.94. The zero-order valence-corrected chi connectivity index (χ0v) is 9.64. The van der Waals surface area contributed by atoms with Gasteiger partial charge in [-0.25, -0.2) is 0 Å². The third kappa shape index (κ3) is 8.36. The van der Waals surface area contributed by atoms with Crippen molar-refractivity contribution in [2.45, 2.75) is 59.0 Å². The predicted octanol–water partition coefficient (Wildman–Crippen LogP) is 3.73. The lowest BCUT2D eigenvalue weighted by atomic mass is 9.43. The fraction of sp³-hybridized carbons (Fsp3) is 1.00. The minimum atomic E-state index is 0.868. The smallest absolute Gasteiger partial charge is 0.139 e. The number of unbranched alkanes of at least 4 members (excludes halogenated alkanes) is 2. The van der Waals surface area contributed by atoms with Gasteiger partial charge in [0.25, 0.3) is 0 Å². The maximum absolute atomic E-state index is 5.29. The molecule has 0 fully saturated rings.